The third-order valence-electron chi connectivity index (χ3n) is 3.38. The maximum Gasteiger partial charge on any atom is 0.251 e. The van der Waals surface area contributed by atoms with Crippen molar-refractivity contribution in [1.29, 1.82) is 0 Å². The molecule has 1 saturated heterocycles. The number of amides is 1. The molecule has 1 aliphatic heterocycles. The van der Waals surface area contributed by atoms with Gasteiger partial charge in [0.25, 0.3) is 5.91 Å². The van der Waals surface area contributed by atoms with Crippen LogP contribution in [-0.2, 0) is 19.9 Å². The monoisotopic (exact) mass is 360 g/mol. The van der Waals surface area contributed by atoms with Gasteiger partial charge >= 0.3 is 0 Å². The van der Waals surface area contributed by atoms with E-state index in [-0.39, 0.29) is 40.3 Å². The molecule has 0 aromatic heterocycles. The largest absolute Gasteiger partial charge is 0.350 e. The Kier molecular flexibility index (Phi) is 5.12. The molecule has 1 unspecified atom stereocenters. The Labute approximate surface area is 136 Å². The summed E-state index contributed by atoms with van der Waals surface area (Å²) in [6.45, 7) is 3.61. The lowest BCUT2D eigenvalue weighted by molar-refractivity contribution is 0.0943. The van der Waals surface area contributed by atoms with Crippen molar-refractivity contribution >= 4 is 25.8 Å². The van der Waals surface area contributed by atoms with E-state index < -0.39 is 25.9 Å². The molecule has 0 aliphatic carbocycles. The first kappa shape index (κ1) is 17.9. The Bertz CT molecular complexity index is 800. The molecular formula is C14H20N2O5S2. The van der Waals surface area contributed by atoms with Crippen molar-refractivity contribution in [2.45, 2.75) is 37.2 Å². The van der Waals surface area contributed by atoms with Crippen molar-refractivity contribution in [1.82, 2.24) is 10.0 Å². The summed E-state index contributed by atoms with van der Waals surface area (Å²) in [6, 6.07) is 4.97. The number of sulfone groups is 1. The Morgan fingerprint density at radius 1 is 1.30 bits per heavy atom. The maximum atomic E-state index is 12.4. The van der Waals surface area contributed by atoms with Crippen molar-refractivity contribution in [3.8, 4) is 0 Å². The summed E-state index contributed by atoms with van der Waals surface area (Å²) in [5.74, 6) is -0.572. The van der Waals surface area contributed by atoms with E-state index in [1.807, 2.05) is 0 Å². The average Bonchev–Trinajstić information content (AvgIpc) is 2.76. The van der Waals surface area contributed by atoms with Crippen LogP contribution >= 0.6 is 0 Å². The summed E-state index contributed by atoms with van der Waals surface area (Å²) in [6.07, 6.45) is 0.259. The van der Waals surface area contributed by atoms with E-state index in [0.717, 1.165) is 0 Å². The van der Waals surface area contributed by atoms with Gasteiger partial charge in [-0.2, -0.15) is 0 Å². The minimum atomic E-state index is -3.87. The first-order valence-corrected chi connectivity index (χ1v) is 10.5. The number of hydrogen-bond acceptors (Lipinski definition) is 5. The summed E-state index contributed by atoms with van der Waals surface area (Å²) < 4.78 is 50.0. The highest BCUT2D eigenvalue weighted by Gasteiger charge is 2.31. The van der Waals surface area contributed by atoms with E-state index in [2.05, 4.69) is 10.0 Å². The molecule has 1 aromatic rings. The molecule has 0 bridgehead atoms. The van der Waals surface area contributed by atoms with Gasteiger partial charge in [0.1, 0.15) is 0 Å². The topological polar surface area (TPSA) is 109 Å². The predicted molar refractivity (Wildman–Crippen MR) is 86.4 cm³/mol. The molecule has 2 N–H and O–H groups in total. The standard InChI is InChI=1S/C14H20N2O5S2/c1-10(2)15-14(17)11-4-3-5-13(8-11)23(20,21)16-12-6-7-22(18,19)9-12/h3-5,8,10,12,16H,6-7,9H2,1-2H3,(H,15,17). The first-order valence-electron chi connectivity index (χ1n) is 7.23. The smallest absolute Gasteiger partial charge is 0.251 e. The summed E-state index contributed by atoms with van der Waals surface area (Å²) >= 11 is 0. The molecule has 0 spiro atoms. The Morgan fingerprint density at radius 3 is 2.57 bits per heavy atom. The fraction of sp³-hybridized carbons (Fsp3) is 0.500. The lowest BCUT2D eigenvalue weighted by Gasteiger charge is -2.13. The molecule has 2 rings (SSSR count). The molecule has 1 aliphatic rings. The van der Waals surface area contributed by atoms with Gasteiger partial charge in [-0.25, -0.2) is 21.6 Å². The van der Waals surface area contributed by atoms with Crippen molar-refractivity contribution in [2.24, 2.45) is 0 Å². The van der Waals surface area contributed by atoms with Crippen molar-refractivity contribution < 1.29 is 21.6 Å². The van der Waals surface area contributed by atoms with Crippen LogP contribution in [0.2, 0.25) is 0 Å². The number of nitrogens with one attached hydrogen (secondary N) is 2. The molecule has 1 heterocycles. The van der Waals surface area contributed by atoms with E-state index in [1.54, 1.807) is 13.8 Å². The molecular weight excluding hydrogens is 340 g/mol. The average molecular weight is 360 g/mol. The van der Waals surface area contributed by atoms with E-state index >= 15 is 0 Å². The highest BCUT2D eigenvalue weighted by Crippen LogP contribution is 2.17. The molecule has 0 radical (unpaired) electrons. The number of benzene rings is 1. The van der Waals surface area contributed by atoms with Gasteiger partial charge in [-0.1, -0.05) is 6.07 Å². The van der Waals surface area contributed by atoms with Crippen LogP contribution in [0.3, 0.4) is 0 Å². The highest BCUT2D eigenvalue weighted by molar-refractivity contribution is 7.92. The SMILES string of the molecule is CC(C)NC(=O)c1cccc(S(=O)(=O)NC2CCS(=O)(=O)C2)c1. The Hall–Kier alpha value is -1.45. The van der Waals surface area contributed by atoms with Crippen molar-refractivity contribution in [3.05, 3.63) is 29.8 Å². The van der Waals surface area contributed by atoms with Gasteiger partial charge in [0.05, 0.1) is 16.4 Å². The molecule has 1 atom stereocenters. The second-order valence-electron chi connectivity index (χ2n) is 5.88. The van der Waals surface area contributed by atoms with Gasteiger partial charge < -0.3 is 5.32 Å². The second kappa shape index (κ2) is 6.58. The lowest BCUT2D eigenvalue weighted by Crippen LogP contribution is -2.35. The van der Waals surface area contributed by atoms with Gasteiger partial charge in [-0.3, -0.25) is 4.79 Å². The third-order valence-corrected chi connectivity index (χ3v) is 6.67. The zero-order valence-corrected chi connectivity index (χ0v) is 14.6. The van der Waals surface area contributed by atoms with E-state index in [9.17, 15) is 21.6 Å². The van der Waals surface area contributed by atoms with Crippen LogP contribution in [0.5, 0.6) is 0 Å². The van der Waals surface area contributed by atoms with Crippen LogP contribution in [-0.4, -0.2) is 46.3 Å². The third kappa shape index (κ3) is 4.76. The molecule has 0 saturated carbocycles. The molecule has 7 nitrogen and oxygen atoms in total. The van der Waals surface area contributed by atoms with E-state index in [4.69, 9.17) is 0 Å². The van der Waals surface area contributed by atoms with Crippen LogP contribution in [0.1, 0.15) is 30.6 Å². The van der Waals surface area contributed by atoms with E-state index in [1.165, 1.54) is 24.3 Å². The molecule has 1 aromatic carbocycles. The number of carbonyl (C=O) groups is 1. The van der Waals surface area contributed by atoms with Crippen LogP contribution in [0.25, 0.3) is 0 Å². The molecule has 9 heteroatoms. The lowest BCUT2D eigenvalue weighted by atomic mass is 10.2. The normalized spacial score (nSPS) is 20.6. The van der Waals surface area contributed by atoms with Gasteiger partial charge in [0.15, 0.2) is 9.84 Å². The Morgan fingerprint density at radius 2 is 2.00 bits per heavy atom. The fourth-order valence-corrected chi connectivity index (χ4v) is 5.42. The van der Waals surface area contributed by atoms with Gasteiger partial charge in [0, 0.05) is 17.6 Å². The van der Waals surface area contributed by atoms with Crippen molar-refractivity contribution in [2.75, 3.05) is 11.5 Å². The molecule has 128 valence electrons. The summed E-state index contributed by atoms with van der Waals surface area (Å²) in [4.78, 5) is 11.9. The maximum absolute atomic E-state index is 12.4. The summed E-state index contributed by atoms with van der Waals surface area (Å²) in [5, 5.41) is 2.69. The highest BCUT2D eigenvalue weighted by atomic mass is 32.2. The Balaban J connectivity index is 2.18. The molecule has 1 fully saturated rings. The second-order valence-corrected chi connectivity index (χ2v) is 9.82. The first-order chi connectivity index (χ1) is 10.6. The van der Waals surface area contributed by atoms with Crippen LogP contribution < -0.4 is 10.0 Å². The number of hydrogen-bond donors (Lipinski definition) is 2. The van der Waals surface area contributed by atoms with Crippen molar-refractivity contribution in [3.63, 3.8) is 0 Å². The number of carbonyl (C=O) groups excluding carboxylic acids is 1. The van der Waals surface area contributed by atoms with Gasteiger partial charge in [0.2, 0.25) is 10.0 Å². The van der Waals surface area contributed by atoms with Crippen LogP contribution in [0.4, 0.5) is 0 Å². The molecule has 23 heavy (non-hydrogen) atoms. The minimum absolute atomic E-state index is 0.0168. The van der Waals surface area contributed by atoms with Crippen LogP contribution in [0.15, 0.2) is 29.2 Å². The zero-order valence-electron chi connectivity index (χ0n) is 12.9. The van der Waals surface area contributed by atoms with E-state index in [0.29, 0.717) is 0 Å². The van der Waals surface area contributed by atoms with Crippen LogP contribution in [0, 0.1) is 0 Å². The van der Waals surface area contributed by atoms with Gasteiger partial charge in [-0.05, 0) is 38.5 Å². The number of rotatable bonds is 5. The summed E-state index contributed by atoms with van der Waals surface area (Å²) in [5.41, 5.74) is 0.237. The number of sulfonamides is 1. The minimum Gasteiger partial charge on any atom is -0.350 e. The fourth-order valence-electron chi connectivity index (χ4n) is 2.33. The zero-order chi connectivity index (χ0) is 17.3. The predicted octanol–water partition coefficient (Wildman–Crippen LogP) is 0.290. The quantitative estimate of drug-likeness (QED) is 0.784. The summed E-state index contributed by atoms with van der Waals surface area (Å²) in [7, 11) is -7.05. The van der Waals surface area contributed by atoms with Gasteiger partial charge in [-0.15, -0.1) is 0 Å². The molecule has 1 amide bonds.